The van der Waals surface area contributed by atoms with E-state index in [-0.39, 0.29) is 10.8 Å². The van der Waals surface area contributed by atoms with Crippen LogP contribution in [0.2, 0.25) is 0 Å². The number of nitro benzene ring substituents is 1. The van der Waals surface area contributed by atoms with Gasteiger partial charge in [0.05, 0.1) is 11.1 Å². The summed E-state index contributed by atoms with van der Waals surface area (Å²) in [5.74, 6) is 0.153. The average Bonchev–Trinajstić information content (AvgIpc) is 2.96. The lowest BCUT2D eigenvalue weighted by molar-refractivity contribution is -0.384. The van der Waals surface area contributed by atoms with Gasteiger partial charge in [-0.05, 0) is 6.42 Å². The molecule has 0 saturated heterocycles. The largest absolute Gasteiger partial charge is 0.299 e. The van der Waals surface area contributed by atoms with Gasteiger partial charge in [0.2, 0.25) is 11.0 Å². The highest BCUT2D eigenvalue weighted by molar-refractivity contribution is 7.99. The minimum absolute atomic E-state index is 0.102. The standard InChI is InChI=1S/C14H15F2N5O2S/c1-2-3-7-24-14-19-18-13(12(15)16)20(14)17-9-10-5-4-6-11(8-10)21(22)23/h4-6,8-9,12H,2-3,7H2,1H3/b17-9+. The van der Waals surface area contributed by atoms with Gasteiger partial charge in [0.15, 0.2) is 0 Å². The maximum atomic E-state index is 13.0. The Morgan fingerprint density at radius 1 is 1.46 bits per heavy atom. The van der Waals surface area contributed by atoms with E-state index >= 15 is 0 Å². The van der Waals surface area contributed by atoms with E-state index in [0.717, 1.165) is 17.5 Å². The normalized spacial score (nSPS) is 11.5. The second-order valence-electron chi connectivity index (χ2n) is 4.75. The molecule has 1 aromatic carbocycles. The van der Waals surface area contributed by atoms with Gasteiger partial charge in [-0.1, -0.05) is 37.2 Å². The second-order valence-corrected chi connectivity index (χ2v) is 5.81. The molecule has 0 atom stereocenters. The second kappa shape index (κ2) is 8.48. The van der Waals surface area contributed by atoms with Crippen LogP contribution in [0.25, 0.3) is 0 Å². The predicted molar refractivity (Wildman–Crippen MR) is 86.7 cm³/mol. The van der Waals surface area contributed by atoms with Gasteiger partial charge < -0.3 is 0 Å². The Bertz CT molecular complexity index is 736. The Kier molecular flexibility index (Phi) is 6.36. The number of nitrogens with zero attached hydrogens (tertiary/aromatic N) is 5. The van der Waals surface area contributed by atoms with E-state index in [1.165, 1.54) is 36.2 Å². The van der Waals surface area contributed by atoms with Crippen LogP contribution >= 0.6 is 11.8 Å². The molecule has 0 spiro atoms. The van der Waals surface area contributed by atoms with Crippen molar-refractivity contribution in [2.24, 2.45) is 5.10 Å². The third-order valence-electron chi connectivity index (χ3n) is 2.96. The van der Waals surface area contributed by atoms with Gasteiger partial charge in [-0.15, -0.1) is 10.2 Å². The summed E-state index contributed by atoms with van der Waals surface area (Å²) >= 11 is 1.29. The Hall–Kier alpha value is -2.36. The summed E-state index contributed by atoms with van der Waals surface area (Å²) in [6.45, 7) is 2.02. The van der Waals surface area contributed by atoms with Crippen molar-refractivity contribution in [2.75, 3.05) is 5.75 Å². The molecule has 0 fully saturated rings. The van der Waals surface area contributed by atoms with E-state index in [1.54, 1.807) is 6.07 Å². The number of benzene rings is 1. The maximum Gasteiger partial charge on any atom is 0.299 e. The maximum absolute atomic E-state index is 13.0. The molecule has 0 aliphatic rings. The third kappa shape index (κ3) is 4.57. The quantitative estimate of drug-likeness (QED) is 0.236. The average molecular weight is 355 g/mol. The lowest BCUT2D eigenvalue weighted by Gasteiger charge is -2.03. The molecule has 10 heteroatoms. The predicted octanol–water partition coefficient (Wildman–Crippen LogP) is 3.90. The molecule has 7 nitrogen and oxygen atoms in total. The lowest BCUT2D eigenvalue weighted by Crippen LogP contribution is -2.01. The van der Waals surface area contributed by atoms with Gasteiger partial charge in [0, 0.05) is 23.4 Å². The molecule has 0 aliphatic heterocycles. The molecule has 1 aromatic heterocycles. The first-order valence-corrected chi connectivity index (χ1v) is 8.16. The Morgan fingerprint density at radius 2 is 2.25 bits per heavy atom. The molecule has 0 N–H and O–H groups in total. The number of aromatic nitrogens is 3. The van der Waals surface area contributed by atoms with Gasteiger partial charge >= 0.3 is 0 Å². The molecule has 0 bridgehead atoms. The number of nitro groups is 1. The number of thioether (sulfide) groups is 1. The zero-order valence-electron chi connectivity index (χ0n) is 12.8. The van der Waals surface area contributed by atoms with E-state index in [4.69, 9.17) is 0 Å². The van der Waals surface area contributed by atoms with Crippen molar-refractivity contribution in [3.63, 3.8) is 0 Å². The summed E-state index contributed by atoms with van der Waals surface area (Å²) in [5, 5.41) is 22.2. The summed E-state index contributed by atoms with van der Waals surface area (Å²) in [5.41, 5.74) is 0.317. The van der Waals surface area contributed by atoms with Crippen LogP contribution < -0.4 is 0 Å². The van der Waals surface area contributed by atoms with Crippen molar-refractivity contribution < 1.29 is 13.7 Å². The van der Waals surface area contributed by atoms with Crippen LogP contribution in [-0.2, 0) is 0 Å². The zero-order valence-corrected chi connectivity index (χ0v) is 13.6. The van der Waals surface area contributed by atoms with Crippen molar-refractivity contribution in [2.45, 2.75) is 31.3 Å². The molecule has 1 heterocycles. The van der Waals surface area contributed by atoms with Gasteiger partial charge in [0.25, 0.3) is 12.1 Å². The first kappa shape index (κ1) is 18.0. The van der Waals surface area contributed by atoms with Crippen molar-refractivity contribution in [3.05, 3.63) is 45.8 Å². The number of halogens is 2. The first-order chi connectivity index (χ1) is 11.5. The van der Waals surface area contributed by atoms with Crippen molar-refractivity contribution in [1.29, 1.82) is 0 Å². The van der Waals surface area contributed by atoms with Crippen LogP contribution in [0.1, 0.15) is 37.6 Å². The molecule has 0 amide bonds. The fraction of sp³-hybridized carbons (Fsp3) is 0.357. The molecule has 0 aliphatic carbocycles. The van der Waals surface area contributed by atoms with Crippen molar-refractivity contribution >= 4 is 23.7 Å². The van der Waals surface area contributed by atoms with E-state index in [1.807, 2.05) is 6.92 Å². The minimum Gasteiger partial charge on any atom is -0.258 e. The van der Waals surface area contributed by atoms with E-state index in [0.29, 0.717) is 11.3 Å². The molecule has 0 saturated carbocycles. The van der Waals surface area contributed by atoms with Gasteiger partial charge in [-0.3, -0.25) is 10.1 Å². The van der Waals surface area contributed by atoms with Gasteiger partial charge in [0.1, 0.15) is 0 Å². The smallest absolute Gasteiger partial charge is 0.258 e. The van der Waals surface area contributed by atoms with Gasteiger partial charge in [-0.25, -0.2) is 8.78 Å². The summed E-state index contributed by atoms with van der Waals surface area (Å²) in [4.78, 5) is 10.2. The van der Waals surface area contributed by atoms with Crippen LogP contribution in [0.5, 0.6) is 0 Å². The van der Waals surface area contributed by atoms with Crippen LogP contribution in [0.15, 0.2) is 34.5 Å². The Morgan fingerprint density at radius 3 is 2.92 bits per heavy atom. The number of hydrogen-bond donors (Lipinski definition) is 0. The molecular formula is C14H15F2N5O2S. The van der Waals surface area contributed by atoms with Crippen molar-refractivity contribution in [3.8, 4) is 0 Å². The monoisotopic (exact) mass is 355 g/mol. The fourth-order valence-corrected chi connectivity index (χ4v) is 2.74. The number of non-ortho nitro benzene ring substituents is 1. The third-order valence-corrected chi connectivity index (χ3v) is 3.97. The molecule has 24 heavy (non-hydrogen) atoms. The van der Waals surface area contributed by atoms with Crippen LogP contribution in [0.4, 0.5) is 14.5 Å². The SMILES string of the molecule is CCCCSc1nnc(C(F)F)n1/N=C/c1cccc([N+](=O)[O-])c1. The van der Waals surface area contributed by atoms with Crippen molar-refractivity contribution in [1.82, 2.24) is 14.9 Å². The fourth-order valence-electron chi connectivity index (χ4n) is 1.76. The molecule has 128 valence electrons. The van der Waals surface area contributed by atoms with E-state index in [2.05, 4.69) is 15.3 Å². The molecule has 0 unspecified atom stereocenters. The summed E-state index contributed by atoms with van der Waals surface area (Å²) in [6, 6.07) is 5.73. The molecule has 0 radical (unpaired) electrons. The lowest BCUT2D eigenvalue weighted by atomic mass is 10.2. The Balaban J connectivity index is 2.27. The molecule has 2 aromatic rings. The van der Waals surface area contributed by atoms with E-state index < -0.39 is 17.2 Å². The minimum atomic E-state index is -2.82. The summed E-state index contributed by atoms with van der Waals surface area (Å²) in [7, 11) is 0. The molecular weight excluding hydrogens is 340 g/mol. The Labute approximate surface area is 140 Å². The van der Waals surface area contributed by atoms with E-state index in [9.17, 15) is 18.9 Å². The number of hydrogen-bond acceptors (Lipinski definition) is 6. The summed E-state index contributed by atoms with van der Waals surface area (Å²) in [6.07, 6.45) is 0.336. The molecule has 2 rings (SSSR count). The number of rotatable bonds is 8. The van der Waals surface area contributed by atoms with Crippen LogP contribution in [0, 0.1) is 10.1 Å². The number of alkyl halides is 2. The highest BCUT2D eigenvalue weighted by atomic mass is 32.2. The van der Waals surface area contributed by atoms with Gasteiger partial charge in [-0.2, -0.15) is 9.78 Å². The summed E-state index contributed by atoms with van der Waals surface area (Å²) < 4.78 is 27.0. The highest BCUT2D eigenvalue weighted by Crippen LogP contribution is 2.24. The highest BCUT2D eigenvalue weighted by Gasteiger charge is 2.20. The zero-order chi connectivity index (χ0) is 17.5. The first-order valence-electron chi connectivity index (χ1n) is 7.18. The topological polar surface area (TPSA) is 86.2 Å². The van der Waals surface area contributed by atoms with Crippen LogP contribution in [0.3, 0.4) is 0 Å². The number of unbranched alkanes of at least 4 members (excludes halogenated alkanes) is 1. The van der Waals surface area contributed by atoms with Crippen LogP contribution in [-0.4, -0.2) is 31.8 Å².